The summed E-state index contributed by atoms with van der Waals surface area (Å²) in [6.45, 7) is 4.67. The molecule has 0 amide bonds. The third-order valence-corrected chi connectivity index (χ3v) is 3.60. The second-order valence-electron chi connectivity index (χ2n) is 6.03. The first kappa shape index (κ1) is 23.7. The molecule has 0 aliphatic rings. The topological polar surface area (TPSA) is 187 Å². The van der Waals surface area contributed by atoms with Gasteiger partial charge < -0.3 is 30.9 Å². The first-order valence-electron chi connectivity index (χ1n) is 8.18. The molecule has 12 nitrogen and oxygen atoms in total. The van der Waals surface area contributed by atoms with E-state index in [1.54, 1.807) is 20.8 Å². The molecule has 0 aliphatic carbocycles. The molecule has 162 valence electrons. The third-order valence-electron chi connectivity index (χ3n) is 3.60. The predicted molar refractivity (Wildman–Crippen MR) is 103 cm³/mol. The fraction of sp³-hybridized carbons (Fsp3) is 0.167. The molecule has 0 fully saturated rings. The minimum absolute atomic E-state index is 0.391. The van der Waals surface area contributed by atoms with Gasteiger partial charge in [0.2, 0.25) is 16.3 Å². The highest BCUT2D eigenvalue weighted by molar-refractivity contribution is 5.19. The van der Waals surface area contributed by atoms with Crippen molar-refractivity contribution in [1.82, 2.24) is 14.2 Å². The molecule has 0 saturated carbocycles. The summed E-state index contributed by atoms with van der Waals surface area (Å²) in [5, 5.41) is 52.7. The van der Waals surface area contributed by atoms with Crippen molar-refractivity contribution in [3.63, 3.8) is 0 Å². The van der Waals surface area contributed by atoms with Gasteiger partial charge in [-0.15, -0.1) is 0 Å². The molecule has 0 saturated heterocycles. The van der Waals surface area contributed by atoms with Gasteiger partial charge in [-0.2, -0.15) is 14.2 Å². The van der Waals surface area contributed by atoms with E-state index in [2.05, 4.69) is 0 Å². The Morgan fingerprint density at radius 2 is 0.733 bits per heavy atom. The number of nitrogens with zero attached hydrogens (tertiary/aromatic N) is 3. The highest BCUT2D eigenvalue weighted by Gasteiger charge is 2.00. The Bertz CT molecular complexity index is 1060. The monoisotopic (exact) mass is 423 g/mol. The van der Waals surface area contributed by atoms with Gasteiger partial charge in [-0.05, 0) is 20.8 Å². The molecule has 0 aromatic carbocycles. The molecule has 0 spiro atoms. The average Bonchev–Trinajstić information content (AvgIpc) is 2.65. The molecule has 3 rings (SSSR count). The fourth-order valence-corrected chi connectivity index (χ4v) is 1.83. The van der Waals surface area contributed by atoms with Crippen molar-refractivity contribution in [3.05, 3.63) is 84.5 Å². The van der Waals surface area contributed by atoms with Crippen molar-refractivity contribution in [2.75, 3.05) is 0 Å². The summed E-state index contributed by atoms with van der Waals surface area (Å²) in [4.78, 5) is 31.9. The SMILES string of the molecule is Cc1cc(=O)c(O)cn1O.Cc1cc(=O)c(O)cn1O.Cc1cc(=O)c(O)cn1O. The van der Waals surface area contributed by atoms with Crippen LogP contribution in [0.2, 0.25) is 0 Å². The summed E-state index contributed by atoms with van der Waals surface area (Å²) in [5.74, 6) is -1.35. The van der Waals surface area contributed by atoms with Gasteiger partial charge in [-0.1, -0.05) is 0 Å². The zero-order valence-corrected chi connectivity index (χ0v) is 16.2. The highest BCUT2D eigenvalue weighted by Crippen LogP contribution is 2.01. The highest BCUT2D eigenvalue weighted by atomic mass is 16.5. The van der Waals surface area contributed by atoms with Gasteiger partial charge in [0.1, 0.15) is 0 Å². The summed E-state index contributed by atoms with van der Waals surface area (Å²) >= 11 is 0. The van der Waals surface area contributed by atoms with Crippen LogP contribution in [0.5, 0.6) is 17.2 Å². The van der Waals surface area contributed by atoms with Crippen LogP contribution in [0.25, 0.3) is 0 Å². The maximum Gasteiger partial charge on any atom is 0.223 e. The molecule has 0 bridgehead atoms. The predicted octanol–water partition coefficient (Wildman–Crippen LogP) is 0.299. The summed E-state index contributed by atoms with van der Waals surface area (Å²) in [6.07, 6.45) is 2.87. The molecule has 12 heteroatoms. The van der Waals surface area contributed by atoms with Gasteiger partial charge in [-0.3, -0.25) is 14.4 Å². The summed E-state index contributed by atoms with van der Waals surface area (Å²) in [6, 6.07) is 3.44. The Labute approximate surface area is 168 Å². The standard InChI is InChI=1S/3C6H7NO3/c3*1-4-2-5(8)6(9)3-7(4)10/h3*2-3,9-10H,1H3. The van der Waals surface area contributed by atoms with E-state index in [4.69, 9.17) is 30.9 Å². The number of rotatable bonds is 0. The van der Waals surface area contributed by atoms with Crippen molar-refractivity contribution in [1.29, 1.82) is 0 Å². The Kier molecular flexibility index (Phi) is 7.68. The summed E-state index contributed by atoms with van der Waals surface area (Å²) in [5.41, 5.74) is -0.276. The molecule has 0 radical (unpaired) electrons. The number of aromatic nitrogens is 3. The summed E-state index contributed by atoms with van der Waals surface area (Å²) < 4.78 is 2.07. The molecule has 3 heterocycles. The van der Waals surface area contributed by atoms with Gasteiger partial charge in [0.25, 0.3) is 0 Å². The van der Waals surface area contributed by atoms with Crippen LogP contribution >= 0.6 is 0 Å². The molecule has 0 atom stereocenters. The second-order valence-corrected chi connectivity index (χ2v) is 6.03. The van der Waals surface area contributed by atoms with Crippen LogP contribution in [0.1, 0.15) is 17.1 Å². The second kappa shape index (κ2) is 9.73. The normalized spacial score (nSPS) is 9.70. The van der Waals surface area contributed by atoms with Gasteiger partial charge in [-0.25, -0.2) is 0 Å². The number of hydrogen-bond donors (Lipinski definition) is 6. The van der Waals surface area contributed by atoms with E-state index < -0.39 is 33.5 Å². The lowest BCUT2D eigenvalue weighted by molar-refractivity contribution is 0.174. The Morgan fingerprint density at radius 3 is 0.900 bits per heavy atom. The van der Waals surface area contributed by atoms with E-state index in [-0.39, 0.29) is 0 Å². The van der Waals surface area contributed by atoms with Gasteiger partial charge in [0.15, 0.2) is 17.2 Å². The quantitative estimate of drug-likeness (QED) is 0.276. The van der Waals surface area contributed by atoms with Crippen LogP contribution in [-0.4, -0.2) is 45.1 Å². The smallest absolute Gasteiger partial charge is 0.223 e. The molecule has 0 unspecified atom stereocenters. The minimum Gasteiger partial charge on any atom is -0.503 e. The average molecular weight is 423 g/mol. The zero-order valence-electron chi connectivity index (χ0n) is 16.2. The Hall–Kier alpha value is -4.35. The van der Waals surface area contributed by atoms with Crippen LogP contribution < -0.4 is 16.3 Å². The molecule has 6 N–H and O–H groups in total. The molecular formula is C18H21N3O9. The van der Waals surface area contributed by atoms with E-state index in [9.17, 15) is 14.4 Å². The lowest BCUT2D eigenvalue weighted by atomic mass is 10.3. The lowest BCUT2D eigenvalue weighted by Gasteiger charge is -1.99. The van der Waals surface area contributed by atoms with Crippen LogP contribution in [0.3, 0.4) is 0 Å². The van der Waals surface area contributed by atoms with Gasteiger partial charge in [0, 0.05) is 18.2 Å². The van der Waals surface area contributed by atoms with Crippen LogP contribution in [0, 0.1) is 20.8 Å². The first-order chi connectivity index (χ1) is 13.8. The van der Waals surface area contributed by atoms with E-state index in [0.29, 0.717) is 31.3 Å². The molecule has 0 aliphatic heterocycles. The van der Waals surface area contributed by atoms with Crippen molar-refractivity contribution in [3.8, 4) is 17.2 Å². The molecule has 3 aromatic heterocycles. The van der Waals surface area contributed by atoms with Crippen LogP contribution in [-0.2, 0) is 0 Å². The number of aryl methyl sites for hydroxylation is 3. The van der Waals surface area contributed by atoms with Crippen molar-refractivity contribution in [2.24, 2.45) is 0 Å². The number of aromatic hydroxyl groups is 3. The van der Waals surface area contributed by atoms with Gasteiger partial charge in [0.05, 0.1) is 35.7 Å². The molecule has 3 aromatic rings. The maximum absolute atomic E-state index is 10.6. The third kappa shape index (κ3) is 6.37. The van der Waals surface area contributed by atoms with Crippen molar-refractivity contribution >= 4 is 0 Å². The van der Waals surface area contributed by atoms with Gasteiger partial charge >= 0.3 is 0 Å². The van der Waals surface area contributed by atoms with Crippen molar-refractivity contribution < 1.29 is 30.9 Å². The van der Waals surface area contributed by atoms with Crippen LogP contribution in [0.15, 0.2) is 51.2 Å². The van der Waals surface area contributed by atoms with E-state index in [1.807, 2.05) is 0 Å². The summed E-state index contributed by atoms with van der Waals surface area (Å²) in [7, 11) is 0. The zero-order chi connectivity index (χ0) is 23.2. The Balaban J connectivity index is 0.000000225. The van der Waals surface area contributed by atoms with Crippen LogP contribution in [0.4, 0.5) is 0 Å². The Morgan fingerprint density at radius 1 is 0.533 bits per heavy atom. The van der Waals surface area contributed by atoms with E-state index in [1.165, 1.54) is 0 Å². The number of pyridine rings is 3. The van der Waals surface area contributed by atoms with E-state index >= 15 is 0 Å². The minimum atomic E-state index is -0.484. The van der Waals surface area contributed by atoms with Crippen molar-refractivity contribution in [2.45, 2.75) is 20.8 Å². The van der Waals surface area contributed by atoms with E-state index in [0.717, 1.165) is 36.8 Å². The molecule has 30 heavy (non-hydrogen) atoms. The fourth-order valence-electron chi connectivity index (χ4n) is 1.83. The molecular weight excluding hydrogens is 402 g/mol. The first-order valence-corrected chi connectivity index (χ1v) is 8.18. The number of hydrogen-bond acceptors (Lipinski definition) is 9. The largest absolute Gasteiger partial charge is 0.503 e. The lowest BCUT2D eigenvalue weighted by Crippen LogP contribution is -2.06. The maximum atomic E-state index is 10.6.